The summed E-state index contributed by atoms with van der Waals surface area (Å²) < 4.78 is 5.29. The average Bonchev–Trinajstić information content (AvgIpc) is 2.93. The van der Waals surface area contributed by atoms with E-state index in [1.54, 1.807) is 7.11 Å². The number of rotatable bonds is 3. The molecule has 0 bridgehead atoms. The summed E-state index contributed by atoms with van der Waals surface area (Å²) in [5.41, 5.74) is 10.4. The highest BCUT2D eigenvalue weighted by Crippen LogP contribution is 2.32. The summed E-state index contributed by atoms with van der Waals surface area (Å²) in [6.07, 6.45) is 0. The highest BCUT2D eigenvalue weighted by molar-refractivity contribution is 6.19. The molecule has 1 heterocycles. The van der Waals surface area contributed by atoms with Crippen LogP contribution in [0.4, 0.5) is 5.69 Å². The van der Waals surface area contributed by atoms with Gasteiger partial charge in [-0.1, -0.05) is 42.5 Å². The maximum Gasteiger partial charge on any atom is 0.154 e. The quantitative estimate of drug-likeness (QED) is 0.737. The third-order valence-corrected chi connectivity index (χ3v) is 4.73. The Kier molecular flexibility index (Phi) is 4.47. The lowest BCUT2D eigenvalue weighted by atomic mass is 9.94. The van der Waals surface area contributed by atoms with Crippen molar-refractivity contribution in [3.05, 3.63) is 94.5 Å². The van der Waals surface area contributed by atoms with Gasteiger partial charge in [0.1, 0.15) is 11.5 Å². The van der Waals surface area contributed by atoms with Crippen molar-refractivity contribution in [3.63, 3.8) is 0 Å². The molecule has 27 heavy (non-hydrogen) atoms. The van der Waals surface area contributed by atoms with E-state index in [-0.39, 0.29) is 0 Å². The van der Waals surface area contributed by atoms with Crippen molar-refractivity contribution in [2.24, 2.45) is 10.1 Å². The minimum atomic E-state index is 0.745. The first-order valence-corrected chi connectivity index (χ1v) is 8.90. The number of ether oxygens (including phenoxy) is 1. The molecule has 134 valence electrons. The molecule has 0 unspecified atom stereocenters. The molecule has 4 nitrogen and oxygen atoms in total. The molecule has 0 aromatic heterocycles. The number of nitrogens with one attached hydrogen (secondary N) is 1. The lowest BCUT2D eigenvalue weighted by Gasteiger charge is -2.13. The molecule has 0 aliphatic carbocycles. The standard InChI is InChI=1S/C23H21N3O/c1-15-9-10-16(2)21-20(15)22(17-11-13-19(27-3)14-12-17)25-26-23(24-21)18-7-5-4-6-8-18/h4-14H,1-3H3,(H,24,26). The van der Waals surface area contributed by atoms with Crippen LogP contribution in [-0.2, 0) is 0 Å². The Morgan fingerprint density at radius 1 is 0.778 bits per heavy atom. The van der Waals surface area contributed by atoms with E-state index in [1.807, 2.05) is 54.6 Å². The summed E-state index contributed by atoms with van der Waals surface area (Å²) in [7, 11) is 1.67. The number of aliphatic imine (C=N–C) groups is 1. The topological polar surface area (TPSA) is 46.0 Å². The molecule has 0 saturated heterocycles. The zero-order valence-electron chi connectivity index (χ0n) is 15.7. The Hall–Kier alpha value is -3.40. The van der Waals surface area contributed by atoms with Crippen LogP contribution in [0.15, 0.2) is 76.8 Å². The predicted molar refractivity (Wildman–Crippen MR) is 110 cm³/mol. The van der Waals surface area contributed by atoms with Gasteiger partial charge in [0.05, 0.1) is 12.8 Å². The summed E-state index contributed by atoms with van der Waals surface area (Å²) in [6.45, 7) is 4.18. The second-order valence-corrected chi connectivity index (χ2v) is 6.55. The van der Waals surface area contributed by atoms with Gasteiger partial charge < -0.3 is 4.74 Å². The largest absolute Gasteiger partial charge is 0.497 e. The molecule has 0 fully saturated rings. The van der Waals surface area contributed by atoms with Crippen molar-refractivity contribution in [1.82, 2.24) is 5.43 Å². The Morgan fingerprint density at radius 2 is 1.48 bits per heavy atom. The van der Waals surface area contributed by atoms with Crippen LogP contribution in [0.25, 0.3) is 0 Å². The van der Waals surface area contributed by atoms with Gasteiger partial charge in [0.25, 0.3) is 0 Å². The van der Waals surface area contributed by atoms with Crippen LogP contribution in [0.1, 0.15) is 27.8 Å². The van der Waals surface area contributed by atoms with Crippen LogP contribution in [-0.4, -0.2) is 18.7 Å². The van der Waals surface area contributed by atoms with Crippen LogP contribution in [0.3, 0.4) is 0 Å². The number of aryl methyl sites for hydroxylation is 2. The minimum Gasteiger partial charge on any atom is -0.497 e. The summed E-state index contributed by atoms with van der Waals surface area (Å²) in [5, 5.41) is 4.75. The molecule has 3 aromatic rings. The number of hydrogen-bond donors (Lipinski definition) is 1. The number of methoxy groups -OCH3 is 1. The van der Waals surface area contributed by atoms with Crippen molar-refractivity contribution >= 4 is 17.2 Å². The summed E-state index contributed by atoms with van der Waals surface area (Å²) in [6, 6.07) is 22.2. The SMILES string of the molecule is COc1ccc(C2=NNC(c3ccccc3)=Nc3c(C)ccc(C)c32)cc1. The lowest BCUT2D eigenvalue weighted by molar-refractivity contribution is 0.415. The van der Waals surface area contributed by atoms with Crippen LogP contribution in [0.2, 0.25) is 0 Å². The number of hydrogen-bond acceptors (Lipinski definition) is 4. The van der Waals surface area contributed by atoms with Crippen molar-refractivity contribution in [3.8, 4) is 5.75 Å². The fraction of sp³-hybridized carbons (Fsp3) is 0.130. The van der Waals surface area contributed by atoms with Crippen LogP contribution in [0.5, 0.6) is 5.75 Å². The van der Waals surface area contributed by atoms with Crippen molar-refractivity contribution in [2.45, 2.75) is 13.8 Å². The molecule has 3 aromatic carbocycles. The van der Waals surface area contributed by atoms with Crippen molar-refractivity contribution in [1.29, 1.82) is 0 Å². The van der Waals surface area contributed by atoms with Gasteiger partial charge in [-0.25, -0.2) is 4.99 Å². The Labute approximate surface area is 159 Å². The van der Waals surface area contributed by atoms with E-state index in [4.69, 9.17) is 14.8 Å². The molecule has 0 amide bonds. The van der Waals surface area contributed by atoms with Gasteiger partial charge in [-0.3, -0.25) is 5.43 Å². The molecular weight excluding hydrogens is 334 g/mol. The van der Waals surface area contributed by atoms with E-state index in [1.165, 1.54) is 0 Å². The number of benzene rings is 3. The van der Waals surface area contributed by atoms with Gasteiger partial charge in [0.2, 0.25) is 0 Å². The van der Waals surface area contributed by atoms with Gasteiger partial charge in [-0.05, 0) is 49.2 Å². The maximum atomic E-state index is 5.29. The van der Waals surface area contributed by atoms with E-state index in [9.17, 15) is 0 Å². The number of fused-ring (bicyclic) bond motifs is 1. The van der Waals surface area contributed by atoms with E-state index >= 15 is 0 Å². The van der Waals surface area contributed by atoms with Gasteiger partial charge in [0.15, 0.2) is 5.84 Å². The minimum absolute atomic E-state index is 0.745. The number of nitrogens with zero attached hydrogens (tertiary/aromatic N) is 2. The van der Waals surface area contributed by atoms with E-state index in [0.717, 1.165) is 50.8 Å². The molecule has 0 atom stereocenters. The third-order valence-electron chi connectivity index (χ3n) is 4.73. The fourth-order valence-corrected chi connectivity index (χ4v) is 3.22. The van der Waals surface area contributed by atoms with E-state index < -0.39 is 0 Å². The van der Waals surface area contributed by atoms with Gasteiger partial charge in [0, 0.05) is 16.7 Å². The summed E-state index contributed by atoms with van der Waals surface area (Å²) >= 11 is 0. The molecule has 1 N–H and O–H groups in total. The number of hydrazone groups is 1. The highest BCUT2D eigenvalue weighted by Gasteiger charge is 2.20. The average molecular weight is 355 g/mol. The maximum absolute atomic E-state index is 5.29. The molecule has 0 spiro atoms. The van der Waals surface area contributed by atoms with Gasteiger partial charge in [-0.2, -0.15) is 5.10 Å². The Morgan fingerprint density at radius 3 is 2.19 bits per heavy atom. The number of amidine groups is 1. The lowest BCUT2D eigenvalue weighted by Crippen LogP contribution is -2.19. The first-order valence-electron chi connectivity index (χ1n) is 8.90. The second kappa shape index (κ2) is 7.08. The summed E-state index contributed by atoms with van der Waals surface area (Å²) in [4.78, 5) is 4.95. The first-order chi connectivity index (χ1) is 13.2. The Balaban J connectivity index is 1.91. The normalized spacial score (nSPS) is 13.0. The van der Waals surface area contributed by atoms with Gasteiger partial charge in [-0.15, -0.1) is 0 Å². The smallest absolute Gasteiger partial charge is 0.154 e. The third kappa shape index (κ3) is 3.22. The van der Waals surface area contributed by atoms with E-state index in [0.29, 0.717) is 0 Å². The monoisotopic (exact) mass is 355 g/mol. The Bertz CT molecular complexity index is 1040. The second-order valence-electron chi connectivity index (χ2n) is 6.55. The zero-order chi connectivity index (χ0) is 18.8. The molecule has 4 rings (SSSR count). The molecule has 0 radical (unpaired) electrons. The predicted octanol–water partition coefficient (Wildman–Crippen LogP) is 4.75. The van der Waals surface area contributed by atoms with Crippen LogP contribution >= 0.6 is 0 Å². The zero-order valence-corrected chi connectivity index (χ0v) is 15.7. The fourth-order valence-electron chi connectivity index (χ4n) is 3.22. The van der Waals surface area contributed by atoms with Crippen LogP contribution in [0, 0.1) is 13.8 Å². The van der Waals surface area contributed by atoms with E-state index in [2.05, 4.69) is 31.4 Å². The molecule has 1 aliphatic heterocycles. The first kappa shape index (κ1) is 17.0. The van der Waals surface area contributed by atoms with Crippen molar-refractivity contribution < 1.29 is 4.74 Å². The van der Waals surface area contributed by atoms with Crippen LogP contribution < -0.4 is 10.2 Å². The van der Waals surface area contributed by atoms with Crippen molar-refractivity contribution in [2.75, 3.05) is 7.11 Å². The molecule has 1 aliphatic rings. The molecule has 4 heteroatoms. The molecular formula is C23H21N3O. The summed E-state index contributed by atoms with van der Waals surface area (Å²) in [5.74, 6) is 1.57. The molecule has 0 saturated carbocycles. The van der Waals surface area contributed by atoms with Gasteiger partial charge >= 0.3 is 0 Å². The highest BCUT2D eigenvalue weighted by atomic mass is 16.5.